The Labute approximate surface area is 183 Å². The van der Waals surface area contributed by atoms with Crippen LogP contribution >= 0.6 is 0 Å². The molecule has 1 saturated carbocycles. The molecule has 4 N–H and O–H groups in total. The number of hydrogen-bond acceptors (Lipinski definition) is 4. The Kier molecular flexibility index (Phi) is 10.3. The minimum atomic E-state index is -1.10. The standard InChI is InChI=1S/C24H46N2O4/c1-7-12-23(29,13-8-2)18(5)25-20(27)22(16-11-17-22)21(28)26-19(6)24(30,14-9-3)15-10-4/h18-19,29-30H,7-17H2,1-6H3,(H,25,27)(H,26,28)/t18-,19-/m1/s1. The topological polar surface area (TPSA) is 98.7 Å². The van der Waals surface area contributed by atoms with Gasteiger partial charge in [-0.3, -0.25) is 9.59 Å². The van der Waals surface area contributed by atoms with Crippen molar-refractivity contribution in [1.29, 1.82) is 0 Å². The maximum absolute atomic E-state index is 13.2. The van der Waals surface area contributed by atoms with Gasteiger partial charge in [-0.05, 0) is 52.4 Å². The molecule has 0 radical (unpaired) electrons. The fourth-order valence-corrected chi connectivity index (χ4v) is 4.87. The molecule has 0 bridgehead atoms. The zero-order chi connectivity index (χ0) is 23.0. The van der Waals surface area contributed by atoms with Crippen LogP contribution in [-0.4, -0.2) is 45.3 Å². The van der Waals surface area contributed by atoms with Gasteiger partial charge in [-0.2, -0.15) is 0 Å². The van der Waals surface area contributed by atoms with Crippen LogP contribution in [0.1, 0.15) is 112 Å². The lowest BCUT2D eigenvalue weighted by Gasteiger charge is -2.43. The Bertz CT molecular complexity index is 503. The van der Waals surface area contributed by atoms with Crippen LogP contribution in [0.5, 0.6) is 0 Å². The van der Waals surface area contributed by atoms with Crippen molar-refractivity contribution in [2.75, 3.05) is 0 Å². The van der Waals surface area contributed by atoms with E-state index in [0.717, 1.165) is 32.1 Å². The van der Waals surface area contributed by atoms with Crippen LogP contribution in [0.3, 0.4) is 0 Å². The van der Waals surface area contributed by atoms with E-state index in [9.17, 15) is 19.8 Å². The second kappa shape index (κ2) is 11.5. The number of nitrogens with one attached hydrogen (secondary N) is 2. The molecule has 6 heteroatoms. The summed E-state index contributed by atoms with van der Waals surface area (Å²) >= 11 is 0. The average Bonchev–Trinajstić information content (AvgIpc) is 2.61. The lowest BCUT2D eigenvalue weighted by atomic mass is 9.66. The van der Waals surface area contributed by atoms with Gasteiger partial charge in [-0.25, -0.2) is 0 Å². The molecule has 6 nitrogen and oxygen atoms in total. The van der Waals surface area contributed by atoms with E-state index in [4.69, 9.17) is 0 Å². The van der Waals surface area contributed by atoms with Gasteiger partial charge in [-0.15, -0.1) is 0 Å². The molecule has 0 aromatic rings. The monoisotopic (exact) mass is 426 g/mol. The van der Waals surface area contributed by atoms with Crippen LogP contribution in [0.4, 0.5) is 0 Å². The Morgan fingerprint density at radius 3 is 1.27 bits per heavy atom. The third kappa shape index (κ3) is 5.97. The molecular weight excluding hydrogens is 380 g/mol. The Hall–Kier alpha value is -1.14. The highest BCUT2D eigenvalue weighted by molar-refractivity contribution is 6.06. The molecule has 0 aliphatic heterocycles. The lowest BCUT2D eigenvalue weighted by molar-refractivity contribution is -0.153. The van der Waals surface area contributed by atoms with E-state index < -0.39 is 28.7 Å². The Morgan fingerprint density at radius 2 is 1.07 bits per heavy atom. The second-order valence-electron chi connectivity index (χ2n) is 9.53. The maximum Gasteiger partial charge on any atom is 0.236 e. The summed E-state index contributed by atoms with van der Waals surface area (Å²) in [4.78, 5) is 26.4. The number of rotatable bonds is 14. The van der Waals surface area contributed by atoms with Gasteiger partial charge in [0.1, 0.15) is 5.41 Å². The molecule has 0 spiro atoms. The van der Waals surface area contributed by atoms with Crippen LogP contribution in [0.2, 0.25) is 0 Å². The summed E-state index contributed by atoms with van der Waals surface area (Å²) in [6, 6.07) is -0.852. The molecule has 1 fully saturated rings. The minimum absolute atomic E-state index is 0.300. The SMILES string of the molecule is CCCC(O)(CCC)[C@@H](C)NC(=O)C1(C(=O)N[C@H](C)C(O)(CCC)CCC)CCC1. The zero-order valence-corrected chi connectivity index (χ0v) is 20.1. The molecule has 2 amide bonds. The molecule has 0 unspecified atom stereocenters. The molecule has 0 aromatic heterocycles. The van der Waals surface area contributed by atoms with Crippen molar-refractivity contribution in [3.05, 3.63) is 0 Å². The van der Waals surface area contributed by atoms with Crippen molar-refractivity contribution < 1.29 is 19.8 Å². The highest BCUT2D eigenvalue weighted by Crippen LogP contribution is 2.42. The summed E-state index contributed by atoms with van der Waals surface area (Å²) in [6.07, 6.45) is 7.58. The van der Waals surface area contributed by atoms with Crippen LogP contribution in [0.15, 0.2) is 0 Å². The van der Waals surface area contributed by atoms with E-state index in [2.05, 4.69) is 10.6 Å². The largest absolute Gasteiger partial charge is 0.388 e. The molecule has 2 atom stereocenters. The normalized spacial score (nSPS) is 18.3. The first-order valence-electron chi connectivity index (χ1n) is 12.1. The maximum atomic E-state index is 13.2. The molecular formula is C24H46N2O4. The van der Waals surface area contributed by atoms with E-state index in [-0.39, 0.29) is 11.8 Å². The third-order valence-corrected chi connectivity index (χ3v) is 7.12. The molecule has 0 saturated heterocycles. The molecule has 1 aliphatic rings. The molecule has 30 heavy (non-hydrogen) atoms. The van der Waals surface area contributed by atoms with Gasteiger partial charge in [0, 0.05) is 0 Å². The summed E-state index contributed by atoms with van der Waals surface area (Å²) in [5.74, 6) is -0.600. The van der Waals surface area contributed by atoms with Gasteiger partial charge >= 0.3 is 0 Å². The molecule has 1 aliphatic carbocycles. The average molecular weight is 427 g/mol. The van der Waals surface area contributed by atoms with Crippen LogP contribution in [-0.2, 0) is 9.59 Å². The van der Waals surface area contributed by atoms with Gasteiger partial charge in [-0.1, -0.05) is 59.8 Å². The number of carbonyl (C=O) groups excluding carboxylic acids is 2. The van der Waals surface area contributed by atoms with Crippen molar-refractivity contribution in [3.63, 3.8) is 0 Å². The molecule has 176 valence electrons. The van der Waals surface area contributed by atoms with Crippen molar-refractivity contribution in [3.8, 4) is 0 Å². The van der Waals surface area contributed by atoms with Gasteiger partial charge in [0.2, 0.25) is 11.8 Å². The first kappa shape index (κ1) is 26.9. The van der Waals surface area contributed by atoms with Crippen LogP contribution < -0.4 is 10.6 Å². The summed E-state index contributed by atoms with van der Waals surface area (Å²) in [5, 5.41) is 28.0. The third-order valence-electron chi connectivity index (χ3n) is 7.12. The van der Waals surface area contributed by atoms with E-state index in [0.29, 0.717) is 38.5 Å². The summed E-state index contributed by atoms with van der Waals surface area (Å²) in [7, 11) is 0. The zero-order valence-electron chi connectivity index (χ0n) is 20.1. The van der Waals surface area contributed by atoms with E-state index >= 15 is 0 Å². The lowest BCUT2D eigenvalue weighted by Crippen LogP contribution is -2.62. The quantitative estimate of drug-likeness (QED) is 0.317. The molecule has 1 rings (SSSR count). The predicted molar refractivity (Wildman–Crippen MR) is 121 cm³/mol. The number of carbonyl (C=O) groups is 2. The second-order valence-corrected chi connectivity index (χ2v) is 9.53. The number of aliphatic hydroxyl groups is 2. The van der Waals surface area contributed by atoms with E-state index in [1.54, 1.807) is 0 Å². The van der Waals surface area contributed by atoms with Crippen molar-refractivity contribution in [1.82, 2.24) is 10.6 Å². The molecule has 0 aromatic carbocycles. The fourth-order valence-electron chi connectivity index (χ4n) is 4.87. The molecule has 0 heterocycles. The van der Waals surface area contributed by atoms with Gasteiger partial charge < -0.3 is 20.8 Å². The minimum Gasteiger partial charge on any atom is -0.388 e. The number of hydrogen-bond donors (Lipinski definition) is 4. The first-order chi connectivity index (χ1) is 14.0. The predicted octanol–water partition coefficient (Wildman–Crippen LogP) is 3.83. The van der Waals surface area contributed by atoms with Gasteiger partial charge in [0.15, 0.2) is 0 Å². The number of amides is 2. The van der Waals surface area contributed by atoms with E-state index in [1.807, 2.05) is 41.5 Å². The first-order valence-corrected chi connectivity index (χ1v) is 12.1. The van der Waals surface area contributed by atoms with Gasteiger partial charge in [0.25, 0.3) is 0 Å². The van der Waals surface area contributed by atoms with Crippen molar-refractivity contribution >= 4 is 11.8 Å². The smallest absolute Gasteiger partial charge is 0.236 e. The summed E-state index contributed by atoms with van der Waals surface area (Å²) < 4.78 is 0. The highest BCUT2D eigenvalue weighted by Gasteiger charge is 2.52. The van der Waals surface area contributed by atoms with Crippen LogP contribution in [0.25, 0.3) is 0 Å². The Balaban J connectivity index is 2.92. The summed E-state index contributed by atoms with van der Waals surface area (Å²) in [5.41, 5.74) is -3.02. The highest BCUT2D eigenvalue weighted by atomic mass is 16.3. The van der Waals surface area contributed by atoms with Crippen LogP contribution in [0, 0.1) is 5.41 Å². The summed E-state index contributed by atoms with van der Waals surface area (Å²) in [6.45, 7) is 11.7. The van der Waals surface area contributed by atoms with Gasteiger partial charge in [0.05, 0.1) is 23.3 Å². The Morgan fingerprint density at radius 1 is 0.767 bits per heavy atom. The van der Waals surface area contributed by atoms with E-state index in [1.165, 1.54) is 0 Å². The van der Waals surface area contributed by atoms with Crippen molar-refractivity contribution in [2.24, 2.45) is 5.41 Å². The van der Waals surface area contributed by atoms with Crippen molar-refractivity contribution in [2.45, 2.75) is 135 Å². The fraction of sp³-hybridized carbons (Fsp3) is 0.917.